The molecule has 0 saturated carbocycles. The summed E-state index contributed by atoms with van der Waals surface area (Å²) in [6.45, 7) is 4.21. The van der Waals surface area contributed by atoms with E-state index in [1.165, 1.54) is 12.1 Å². The first-order valence-electron chi connectivity index (χ1n) is 10.1. The topological polar surface area (TPSA) is 71.8 Å². The smallest absolute Gasteiger partial charge is 0.251 e. The van der Waals surface area contributed by atoms with Crippen molar-refractivity contribution in [1.82, 2.24) is 19.9 Å². The second-order valence-electron chi connectivity index (χ2n) is 7.58. The van der Waals surface area contributed by atoms with Gasteiger partial charge in [0.05, 0.1) is 0 Å². The lowest BCUT2D eigenvalue weighted by molar-refractivity contribution is 0.0954. The molecule has 4 aromatic rings. The monoisotopic (exact) mass is 417 g/mol. The van der Waals surface area contributed by atoms with Crippen LogP contribution < -0.4 is 10.6 Å². The van der Waals surface area contributed by atoms with E-state index in [9.17, 15) is 9.18 Å². The Morgan fingerprint density at radius 2 is 1.94 bits per heavy atom. The predicted octanol–water partition coefficient (Wildman–Crippen LogP) is 4.44. The van der Waals surface area contributed by atoms with Gasteiger partial charge in [0.1, 0.15) is 17.5 Å². The van der Waals surface area contributed by atoms with E-state index in [1.54, 1.807) is 18.2 Å². The van der Waals surface area contributed by atoms with Crippen LogP contribution in [0.5, 0.6) is 0 Å². The molecule has 31 heavy (non-hydrogen) atoms. The molecule has 2 N–H and O–H groups in total. The van der Waals surface area contributed by atoms with Crippen molar-refractivity contribution in [2.24, 2.45) is 7.05 Å². The highest BCUT2D eigenvalue weighted by molar-refractivity contribution is 5.95. The molecule has 0 radical (unpaired) electrons. The maximum Gasteiger partial charge on any atom is 0.251 e. The fourth-order valence-electron chi connectivity index (χ4n) is 3.72. The van der Waals surface area contributed by atoms with Crippen molar-refractivity contribution in [3.8, 4) is 0 Å². The van der Waals surface area contributed by atoms with Crippen molar-refractivity contribution in [2.45, 2.75) is 20.3 Å². The second-order valence-corrected chi connectivity index (χ2v) is 7.58. The summed E-state index contributed by atoms with van der Waals surface area (Å²) < 4.78 is 15.6. The van der Waals surface area contributed by atoms with Crippen LogP contribution in [0.3, 0.4) is 0 Å². The van der Waals surface area contributed by atoms with Gasteiger partial charge in [-0.15, -0.1) is 0 Å². The first kappa shape index (κ1) is 20.5. The van der Waals surface area contributed by atoms with Gasteiger partial charge in [-0.3, -0.25) is 4.79 Å². The summed E-state index contributed by atoms with van der Waals surface area (Å²) in [5, 5.41) is 7.05. The highest BCUT2D eigenvalue weighted by Gasteiger charge is 2.10. The van der Waals surface area contributed by atoms with E-state index in [2.05, 4.69) is 20.6 Å². The van der Waals surface area contributed by atoms with E-state index in [1.807, 2.05) is 49.9 Å². The van der Waals surface area contributed by atoms with Gasteiger partial charge >= 0.3 is 0 Å². The molecule has 0 aliphatic carbocycles. The van der Waals surface area contributed by atoms with Crippen LogP contribution in [0.4, 0.5) is 15.9 Å². The van der Waals surface area contributed by atoms with Crippen LogP contribution >= 0.6 is 0 Å². The molecule has 2 aromatic carbocycles. The van der Waals surface area contributed by atoms with Gasteiger partial charge in [-0.05, 0) is 62.2 Å². The lowest BCUT2D eigenvalue weighted by Gasteiger charge is -2.09. The fraction of sp³-hybridized carbons (Fsp3) is 0.208. The summed E-state index contributed by atoms with van der Waals surface area (Å²) in [4.78, 5) is 21.3. The van der Waals surface area contributed by atoms with Crippen LogP contribution in [0.2, 0.25) is 0 Å². The van der Waals surface area contributed by atoms with Crippen LogP contribution in [0.25, 0.3) is 10.9 Å². The molecular formula is C24H24FN5O. The number of anilines is 2. The number of benzene rings is 2. The molecule has 0 fully saturated rings. The number of rotatable bonds is 6. The number of hydrogen-bond donors (Lipinski definition) is 2. The predicted molar refractivity (Wildman–Crippen MR) is 120 cm³/mol. The lowest BCUT2D eigenvalue weighted by Crippen LogP contribution is -2.25. The Kier molecular flexibility index (Phi) is 5.66. The summed E-state index contributed by atoms with van der Waals surface area (Å²) in [5.41, 5.74) is 4.17. The Balaban J connectivity index is 1.41. The van der Waals surface area contributed by atoms with E-state index in [0.29, 0.717) is 30.2 Å². The molecule has 0 spiro atoms. The highest BCUT2D eigenvalue weighted by Crippen LogP contribution is 2.22. The fourth-order valence-corrected chi connectivity index (χ4v) is 3.72. The molecule has 0 unspecified atom stereocenters. The average Bonchev–Trinajstić information content (AvgIpc) is 3.02. The SMILES string of the molecule is Cc1cc(Nc2cccc(C(=O)NCCc3cn(C)c4ccc(F)cc34)c2)nc(C)n1. The Bertz CT molecular complexity index is 1240. The van der Waals surface area contributed by atoms with E-state index < -0.39 is 0 Å². The number of nitrogens with one attached hydrogen (secondary N) is 2. The standard InChI is InChI=1S/C24H24FN5O/c1-15-11-23(28-16(2)27-15)29-20-6-4-5-17(12-20)24(31)26-10-9-18-14-30(3)22-8-7-19(25)13-21(18)22/h4-8,11-14H,9-10H2,1-3H3,(H,26,31)(H,27,28,29). The van der Waals surface area contributed by atoms with Gasteiger partial charge in [0.2, 0.25) is 0 Å². The van der Waals surface area contributed by atoms with Gasteiger partial charge in [-0.25, -0.2) is 14.4 Å². The largest absolute Gasteiger partial charge is 0.352 e. The van der Waals surface area contributed by atoms with Crippen LogP contribution in [0.1, 0.15) is 27.4 Å². The van der Waals surface area contributed by atoms with E-state index >= 15 is 0 Å². The van der Waals surface area contributed by atoms with Crippen molar-refractivity contribution in [2.75, 3.05) is 11.9 Å². The quantitative estimate of drug-likeness (QED) is 0.487. The molecule has 2 heterocycles. The van der Waals surface area contributed by atoms with Crippen molar-refractivity contribution in [3.05, 3.63) is 83.2 Å². The molecule has 0 bridgehead atoms. The van der Waals surface area contributed by atoms with Gasteiger partial charge in [-0.2, -0.15) is 0 Å². The van der Waals surface area contributed by atoms with Crippen molar-refractivity contribution in [3.63, 3.8) is 0 Å². The molecule has 4 rings (SSSR count). The number of hydrogen-bond acceptors (Lipinski definition) is 4. The molecular weight excluding hydrogens is 393 g/mol. The summed E-state index contributed by atoms with van der Waals surface area (Å²) in [7, 11) is 1.93. The maximum atomic E-state index is 13.6. The first-order chi connectivity index (χ1) is 14.9. The molecule has 0 atom stereocenters. The van der Waals surface area contributed by atoms with Crippen LogP contribution in [0, 0.1) is 19.7 Å². The van der Waals surface area contributed by atoms with Gasteiger partial charge in [0.15, 0.2) is 0 Å². The molecule has 0 aliphatic rings. The van der Waals surface area contributed by atoms with Crippen molar-refractivity contribution >= 4 is 28.3 Å². The first-order valence-corrected chi connectivity index (χ1v) is 10.1. The van der Waals surface area contributed by atoms with Crippen LogP contribution in [0.15, 0.2) is 54.7 Å². The van der Waals surface area contributed by atoms with Crippen molar-refractivity contribution in [1.29, 1.82) is 0 Å². The number of amides is 1. The summed E-state index contributed by atoms with van der Waals surface area (Å²) in [5.74, 6) is 0.947. The number of nitrogens with zero attached hydrogens (tertiary/aromatic N) is 3. The average molecular weight is 417 g/mol. The Morgan fingerprint density at radius 3 is 2.74 bits per heavy atom. The van der Waals surface area contributed by atoms with E-state index in [-0.39, 0.29) is 11.7 Å². The third-order valence-corrected chi connectivity index (χ3v) is 5.08. The number of carbonyl (C=O) groups excluding carboxylic acids is 1. The zero-order valence-electron chi connectivity index (χ0n) is 17.7. The zero-order valence-corrected chi connectivity index (χ0v) is 17.7. The van der Waals surface area contributed by atoms with E-state index in [4.69, 9.17) is 0 Å². The summed E-state index contributed by atoms with van der Waals surface area (Å²) >= 11 is 0. The maximum absolute atomic E-state index is 13.6. The molecule has 0 saturated heterocycles. The normalized spacial score (nSPS) is 11.0. The van der Waals surface area contributed by atoms with Crippen LogP contribution in [-0.2, 0) is 13.5 Å². The molecule has 2 aromatic heterocycles. The van der Waals surface area contributed by atoms with Crippen LogP contribution in [-0.4, -0.2) is 27.0 Å². The molecule has 0 aliphatic heterocycles. The van der Waals surface area contributed by atoms with Crippen molar-refractivity contribution < 1.29 is 9.18 Å². The Morgan fingerprint density at radius 1 is 1.10 bits per heavy atom. The van der Waals surface area contributed by atoms with Gasteiger partial charge in [-0.1, -0.05) is 6.07 Å². The van der Waals surface area contributed by atoms with E-state index in [0.717, 1.165) is 27.8 Å². The lowest BCUT2D eigenvalue weighted by atomic mass is 10.1. The molecule has 1 amide bonds. The van der Waals surface area contributed by atoms with Gasteiger partial charge < -0.3 is 15.2 Å². The minimum Gasteiger partial charge on any atom is -0.352 e. The second kappa shape index (κ2) is 8.55. The highest BCUT2D eigenvalue weighted by atomic mass is 19.1. The number of aromatic nitrogens is 3. The third kappa shape index (κ3) is 4.71. The summed E-state index contributed by atoms with van der Waals surface area (Å²) in [6.07, 6.45) is 2.59. The van der Waals surface area contributed by atoms with Gasteiger partial charge in [0.25, 0.3) is 5.91 Å². The minimum absolute atomic E-state index is 0.162. The molecule has 7 heteroatoms. The Hall–Kier alpha value is -3.74. The molecule has 158 valence electrons. The minimum atomic E-state index is -0.262. The summed E-state index contributed by atoms with van der Waals surface area (Å²) in [6, 6.07) is 13.9. The number of carbonyl (C=O) groups is 1. The third-order valence-electron chi connectivity index (χ3n) is 5.08. The Labute approximate surface area is 180 Å². The molecule has 6 nitrogen and oxygen atoms in total. The number of halogens is 1. The van der Waals surface area contributed by atoms with Gasteiger partial charge in [0, 0.05) is 53.7 Å². The zero-order chi connectivity index (χ0) is 22.0. The number of aryl methyl sites for hydroxylation is 3. The number of fused-ring (bicyclic) bond motifs is 1.